The van der Waals surface area contributed by atoms with Gasteiger partial charge in [-0.3, -0.25) is 9.98 Å². The molecule has 10 heteroatoms. The van der Waals surface area contributed by atoms with Crippen molar-refractivity contribution in [2.45, 2.75) is 12.8 Å². The highest BCUT2D eigenvalue weighted by Gasteiger charge is 2.12. The highest BCUT2D eigenvalue weighted by atomic mass is 19.1. The summed E-state index contributed by atoms with van der Waals surface area (Å²) in [4.78, 5) is 22.6. The number of likely N-dealkylation sites (N-methyl/N-ethyl adjacent to an activating group) is 1. The topological polar surface area (TPSA) is 107 Å². The van der Waals surface area contributed by atoms with Crippen molar-refractivity contribution in [3.8, 4) is 0 Å². The number of ether oxygens (including phenoxy) is 1. The Balaban J connectivity index is 0.00000497. The van der Waals surface area contributed by atoms with E-state index in [1.807, 2.05) is 18.9 Å². The van der Waals surface area contributed by atoms with Crippen molar-refractivity contribution >= 4 is 31.6 Å². The van der Waals surface area contributed by atoms with E-state index < -0.39 is 0 Å². The minimum Gasteiger partial charge on any atom is -0.467 e. The molecule has 0 aliphatic rings. The Morgan fingerprint density at radius 2 is 1.91 bits per heavy atom. The summed E-state index contributed by atoms with van der Waals surface area (Å²) < 4.78 is 18.3. The third-order valence-electron chi connectivity index (χ3n) is 4.48. The molecular weight excluding hydrogens is 425 g/mol. The van der Waals surface area contributed by atoms with E-state index in [4.69, 9.17) is 9.84 Å². The van der Waals surface area contributed by atoms with E-state index in [0.717, 1.165) is 24.8 Å². The van der Waals surface area contributed by atoms with Crippen LogP contribution in [0.15, 0.2) is 61.0 Å². The molecule has 0 saturated carbocycles. The summed E-state index contributed by atoms with van der Waals surface area (Å²) in [6.45, 7) is 11.6. The lowest BCUT2D eigenvalue weighted by atomic mass is 9.94. The van der Waals surface area contributed by atoms with E-state index in [0.29, 0.717) is 25.6 Å². The molecule has 0 aliphatic heterocycles. The number of hydrogen-bond donors (Lipinski definition) is 2. The van der Waals surface area contributed by atoms with Gasteiger partial charge >= 0.3 is 6.02 Å². The number of guanidine groups is 1. The fraction of sp³-hybridized carbons (Fsp3) is 0.435. The SMILES string of the molecule is C=N/C=C(\C=NCCN(CCNC)/C(N=C)=N/C(=NC)OC)C(C)c1ccc(F)cc1.CO. The number of aliphatic hydroxyl groups excluding tert-OH is 1. The average molecular weight is 462 g/mol. The molecule has 0 radical (unpaired) electrons. The molecule has 0 aromatic heterocycles. The molecule has 0 amide bonds. The summed E-state index contributed by atoms with van der Waals surface area (Å²) in [6, 6.07) is 6.62. The van der Waals surface area contributed by atoms with Crippen LogP contribution in [0.1, 0.15) is 18.4 Å². The standard InChI is InChI=1S/C22H32FN7O.CH4O/c1-17(18-7-9-20(23)10-8-18)19(15-25-3)16-28-12-14-30(13-11-24-2)21(26-4)29-22(27-5)31-6;1-2/h7-10,15-17,24H,3-4,11-14H2,1-2,5-6H3;2H,1H3/b19-15+,27-22?,28-16?,29-21+;. The first kappa shape index (κ1) is 29.8. The highest BCUT2D eigenvalue weighted by Crippen LogP contribution is 2.23. The molecule has 0 aliphatic carbocycles. The lowest BCUT2D eigenvalue weighted by Gasteiger charge is -2.22. The Morgan fingerprint density at radius 3 is 2.42 bits per heavy atom. The van der Waals surface area contributed by atoms with Gasteiger partial charge in [0.25, 0.3) is 0 Å². The molecule has 1 aromatic carbocycles. The van der Waals surface area contributed by atoms with Crippen molar-refractivity contribution < 1.29 is 14.2 Å². The number of halogens is 1. The van der Waals surface area contributed by atoms with Crippen LogP contribution in [0.5, 0.6) is 0 Å². The van der Waals surface area contributed by atoms with Crippen LogP contribution in [0.3, 0.4) is 0 Å². The number of aliphatic imine (C=N–C) groups is 5. The second kappa shape index (κ2) is 18.3. The number of hydrogen-bond acceptors (Lipinski definition) is 6. The van der Waals surface area contributed by atoms with Crippen molar-refractivity contribution in [2.75, 3.05) is 54.5 Å². The van der Waals surface area contributed by atoms with Gasteiger partial charge in [-0.25, -0.2) is 14.4 Å². The van der Waals surface area contributed by atoms with Crippen LogP contribution in [-0.2, 0) is 4.74 Å². The fourth-order valence-electron chi connectivity index (χ4n) is 2.69. The minimum atomic E-state index is -0.267. The second-order valence-electron chi connectivity index (χ2n) is 6.49. The van der Waals surface area contributed by atoms with Crippen LogP contribution in [0.4, 0.5) is 4.39 Å². The number of methoxy groups -OCH3 is 1. The lowest BCUT2D eigenvalue weighted by Crippen LogP contribution is -2.37. The van der Waals surface area contributed by atoms with Gasteiger partial charge in [0, 0.05) is 52.1 Å². The van der Waals surface area contributed by atoms with Gasteiger partial charge in [0.15, 0.2) is 0 Å². The fourth-order valence-corrected chi connectivity index (χ4v) is 2.69. The Kier molecular flexibility index (Phi) is 16.5. The number of benzene rings is 1. The third-order valence-corrected chi connectivity index (χ3v) is 4.48. The number of allylic oxidation sites excluding steroid dienone is 1. The van der Waals surface area contributed by atoms with Crippen molar-refractivity contribution in [1.29, 1.82) is 0 Å². The first-order valence-corrected chi connectivity index (χ1v) is 10.3. The Hall–Kier alpha value is -3.24. The quantitative estimate of drug-likeness (QED) is 0.412. The monoisotopic (exact) mass is 461 g/mol. The van der Waals surface area contributed by atoms with Gasteiger partial charge in [0.2, 0.25) is 5.96 Å². The Bertz CT molecular complexity index is 821. The largest absolute Gasteiger partial charge is 0.467 e. The van der Waals surface area contributed by atoms with Crippen LogP contribution in [0, 0.1) is 5.82 Å². The third kappa shape index (κ3) is 11.3. The van der Waals surface area contributed by atoms with E-state index in [2.05, 4.69) is 43.7 Å². The van der Waals surface area contributed by atoms with Crippen molar-refractivity contribution in [3.05, 3.63) is 47.4 Å². The normalized spacial score (nSPS) is 13.2. The van der Waals surface area contributed by atoms with Gasteiger partial charge in [-0.05, 0) is 43.8 Å². The van der Waals surface area contributed by atoms with Crippen LogP contribution in [0.2, 0.25) is 0 Å². The van der Waals surface area contributed by atoms with E-state index in [1.165, 1.54) is 19.2 Å². The summed E-state index contributed by atoms with van der Waals surface area (Å²) in [5.74, 6) is 0.139. The molecule has 182 valence electrons. The summed E-state index contributed by atoms with van der Waals surface area (Å²) in [5.41, 5.74) is 1.84. The molecule has 0 heterocycles. The van der Waals surface area contributed by atoms with E-state index in [9.17, 15) is 4.39 Å². The zero-order chi connectivity index (χ0) is 25.1. The molecule has 1 atom stereocenters. The summed E-state index contributed by atoms with van der Waals surface area (Å²) in [5, 5.41) is 10.1. The van der Waals surface area contributed by atoms with Gasteiger partial charge in [-0.1, -0.05) is 19.1 Å². The molecule has 0 saturated heterocycles. The number of aliphatic hydroxyl groups is 1. The minimum absolute atomic E-state index is 0.00719. The molecule has 1 rings (SSSR count). The van der Waals surface area contributed by atoms with Crippen LogP contribution >= 0.6 is 0 Å². The van der Waals surface area contributed by atoms with Crippen molar-refractivity contribution in [2.24, 2.45) is 25.0 Å². The molecule has 2 N–H and O–H groups in total. The molecule has 1 unspecified atom stereocenters. The molecule has 0 bridgehead atoms. The molecular formula is C23H36FN7O2. The Labute approximate surface area is 196 Å². The maximum atomic E-state index is 13.2. The van der Waals surface area contributed by atoms with Crippen molar-refractivity contribution in [1.82, 2.24) is 10.2 Å². The smallest absolute Gasteiger partial charge is 0.314 e. The maximum absolute atomic E-state index is 13.2. The molecule has 9 nitrogen and oxygen atoms in total. The van der Waals surface area contributed by atoms with Crippen LogP contribution in [-0.4, -0.2) is 96.1 Å². The number of amidine groups is 1. The van der Waals surface area contributed by atoms with E-state index in [-0.39, 0.29) is 17.8 Å². The molecule has 0 spiro atoms. The second-order valence-corrected chi connectivity index (χ2v) is 6.49. The predicted molar refractivity (Wildman–Crippen MR) is 137 cm³/mol. The van der Waals surface area contributed by atoms with Gasteiger partial charge in [-0.2, -0.15) is 4.99 Å². The average Bonchev–Trinajstić information content (AvgIpc) is 2.85. The van der Waals surface area contributed by atoms with Gasteiger partial charge < -0.3 is 20.1 Å². The van der Waals surface area contributed by atoms with Gasteiger partial charge in [-0.15, -0.1) is 0 Å². The summed E-state index contributed by atoms with van der Waals surface area (Å²) in [7, 11) is 5.96. The number of rotatable bonds is 10. The molecule has 1 aromatic rings. The first-order chi connectivity index (χ1) is 16.0. The lowest BCUT2D eigenvalue weighted by molar-refractivity contribution is 0.390. The summed E-state index contributed by atoms with van der Waals surface area (Å²) in [6.07, 6.45) is 3.43. The molecule has 0 fully saturated rings. The zero-order valence-corrected chi connectivity index (χ0v) is 20.2. The highest BCUT2D eigenvalue weighted by molar-refractivity contribution is 5.94. The zero-order valence-electron chi connectivity index (χ0n) is 20.2. The predicted octanol–water partition coefficient (Wildman–Crippen LogP) is 2.40. The molecule has 33 heavy (non-hydrogen) atoms. The number of nitrogens with one attached hydrogen (secondary N) is 1. The van der Waals surface area contributed by atoms with E-state index in [1.54, 1.807) is 31.6 Å². The number of nitrogens with zero attached hydrogens (tertiary/aromatic N) is 6. The van der Waals surface area contributed by atoms with E-state index >= 15 is 0 Å². The summed E-state index contributed by atoms with van der Waals surface area (Å²) >= 11 is 0. The van der Waals surface area contributed by atoms with Gasteiger partial charge in [0.1, 0.15) is 5.82 Å². The van der Waals surface area contributed by atoms with Crippen LogP contribution in [0.25, 0.3) is 0 Å². The Morgan fingerprint density at radius 1 is 1.24 bits per heavy atom. The van der Waals surface area contributed by atoms with Crippen molar-refractivity contribution in [3.63, 3.8) is 0 Å². The van der Waals surface area contributed by atoms with Gasteiger partial charge in [0.05, 0.1) is 13.7 Å². The maximum Gasteiger partial charge on any atom is 0.314 e. The first-order valence-electron chi connectivity index (χ1n) is 10.3. The van der Waals surface area contributed by atoms with Crippen LogP contribution < -0.4 is 5.32 Å².